The van der Waals surface area contributed by atoms with Crippen LogP contribution in [0.5, 0.6) is 0 Å². The Morgan fingerprint density at radius 3 is 2.30 bits per heavy atom. The number of halogens is 2. The Kier molecular flexibility index (Phi) is 7.16. The Bertz CT molecular complexity index is 1010. The second-order valence-corrected chi connectivity index (χ2v) is 17.0. The summed E-state index contributed by atoms with van der Waals surface area (Å²) in [6.07, 6.45) is 10.1. The summed E-state index contributed by atoms with van der Waals surface area (Å²) in [4.78, 5) is 0. The number of fused-ring (bicyclic) bond motifs is 3. The SMILES string of the molecule is C[C]([Zr+2])(CCC1C=Cc2ccccc21)CCC1C2=C(c3ccccc31)[Si]2(C)C.[Cl-].[Cl-]. The van der Waals surface area contributed by atoms with E-state index < -0.39 is 8.07 Å². The van der Waals surface area contributed by atoms with Crippen molar-refractivity contribution in [2.24, 2.45) is 0 Å². The molecule has 155 valence electrons. The number of rotatable bonds is 6. The molecule has 2 aromatic carbocycles. The molecule has 1 aliphatic heterocycles. The molecule has 0 fully saturated rings. The van der Waals surface area contributed by atoms with Gasteiger partial charge < -0.3 is 24.8 Å². The largest absolute Gasteiger partial charge is 1.00 e. The van der Waals surface area contributed by atoms with Gasteiger partial charge >= 0.3 is 187 Å². The first-order valence-electron chi connectivity index (χ1n) is 10.7. The van der Waals surface area contributed by atoms with Crippen LogP contribution >= 0.6 is 0 Å². The van der Waals surface area contributed by atoms with E-state index in [0.29, 0.717) is 9.04 Å². The van der Waals surface area contributed by atoms with Crippen LogP contribution in [0.1, 0.15) is 66.7 Å². The van der Waals surface area contributed by atoms with Crippen molar-refractivity contribution in [1.29, 1.82) is 0 Å². The van der Waals surface area contributed by atoms with Crippen LogP contribution in [0.3, 0.4) is 0 Å². The van der Waals surface area contributed by atoms with Gasteiger partial charge in [-0.25, -0.2) is 0 Å². The molecule has 0 spiro atoms. The van der Waals surface area contributed by atoms with E-state index in [1.165, 1.54) is 31.2 Å². The fourth-order valence-corrected chi connectivity index (χ4v) is 10.5. The van der Waals surface area contributed by atoms with E-state index >= 15 is 0 Å². The Balaban J connectivity index is 0.00000128. The van der Waals surface area contributed by atoms with Gasteiger partial charge in [-0.2, -0.15) is 0 Å². The third-order valence-corrected chi connectivity index (χ3v) is 12.1. The third kappa shape index (κ3) is 4.15. The average Bonchev–Trinajstić information content (AvgIpc) is 3.02. The third-order valence-electron chi connectivity index (χ3n) is 7.35. The molecule has 3 atom stereocenters. The molecule has 0 N–H and O–H groups in total. The van der Waals surface area contributed by atoms with Gasteiger partial charge in [0.05, 0.1) is 0 Å². The first-order chi connectivity index (χ1) is 13.4. The molecule has 0 amide bonds. The summed E-state index contributed by atoms with van der Waals surface area (Å²) >= 11 is 1.71. The predicted molar refractivity (Wildman–Crippen MR) is 119 cm³/mol. The van der Waals surface area contributed by atoms with Gasteiger partial charge in [0.2, 0.25) is 0 Å². The van der Waals surface area contributed by atoms with Crippen LogP contribution in [0.2, 0.25) is 16.2 Å². The maximum Gasteiger partial charge on any atom is -1.00 e. The van der Waals surface area contributed by atoms with E-state index in [9.17, 15) is 0 Å². The second kappa shape index (κ2) is 8.86. The van der Waals surface area contributed by atoms with Gasteiger partial charge in [-0.15, -0.1) is 0 Å². The predicted octanol–water partition coefficient (Wildman–Crippen LogP) is 1.44. The standard InChI is InChI=1S/C26H29Si.2ClH.Zr/c1-18(12-14-20-16-15-19-8-4-5-9-21(19)20)13-17-24-22-10-6-7-11-23(22)25-26(24)27(25,2)3;;;/h4-11,15-16,20,24H,12-14,17H2,1-3H3;2*1H;/q;;;+2/p-2. The average molecular weight is 532 g/mol. The molecule has 0 nitrogen and oxygen atoms in total. The Morgan fingerprint density at radius 2 is 1.53 bits per heavy atom. The molecule has 30 heavy (non-hydrogen) atoms. The second-order valence-electron chi connectivity index (χ2n) is 9.79. The fraction of sp³-hybridized carbons (Fsp3) is 0.385. The van der Waals surface area contributed by atoms with E-state index in [0.717, 1.165) is 5.92 Å². The molecule has 0 saturated carbocycles. The molecule has 0 saturated heterocycles. The zero-order chi connectivity index (χ0) is 19.5. The van der Waals surface area contributed by atoms with E-state index in [1.807, 2.05) is 5.20 Å². The Hall–Kier alpha value is -0.400. The van der Waals surface area contributed by atoms with Crippen LogP contribution in [0, 0.1) is 0 Å². The molecular formula is C26H29Cl2SiZr. The van der Waals surface area contributed by atoms with Crippen LogP contribution in [-0.2, 0) is 24.7 Å². The van der Waals surface area contributed by atoms with Crippen LogP contribution in [0.15, 0.2) is 59.8 Å². The van der Waals surface area contributed by atoms with Crippen LogP contribution in [0.4, 0.5) is 0 Å². The molecular weight excluding hydrogens is 503 g/mol. The normalized spacial score (nSPS) is 23.6. The maximum absolute atomic E-state index is 2.56. The quantitative estimate of drug-likeness (QED) is 0.495. The molecule has 0 aromatic heterocycles. The first-order valence-corrected chi connectivity index (χ1v) is 15.0. The van der Waals surface area contributed by atoms with Crippen molar-refractivity contribution in [2.75, 3.05) is 0 Å². The van der Waals surface area contributed by atoms with Crippen molar-refractivity contribution < 1.29 is 49.5 Å². The summed E-state index contributed by atoms with van der Waals surface area (Å²) in [5.41, 5.74) is 6.22. The minimum atomic E-state index is -1.17. The van der Waals surface area contributed by atoms with E-state index in [-0.39, 0.29) is 24.8 Å². The van der Waals surface area contributed by atoms with Gasteiger partial charge in [0.25, 0.3) is 0 Å². The van der Waals surface area contributed by atoms with Gasteiger partial charge in [-0.05, 0) is 0 Å². The van der Waals surface area contributed by atoms with Crippen molar-refractivity contribution in [3.63, 3.8) is 0 Å². The summed E-state index contributed by atoms with van der Waals surface area (Å²) in [6.45, 7) is 7.64. The monoisotopic (exact) mass is 529 g/mol. The minimum absolute atomic E-state index is 0. The van der Waals surface area contributed by atoms with Gasteiger partial charge in [0.15, 0.2) is 0 Å². The summed E-state index contributed by atoms with van der Waals surface area (Å²) in [5.74, 6) is 1.37. The molecule has 2 aromatic rings. The van der Waals surface area contributed by atoms with Gasteiger partial charge in [0.1, 0.15) is 0 Å². The van der Waals surface area contributed by atoms with Gasteiger partial charge in [-0.3, -0.25) is 0 Å². The molecule has 2 aliphatic carbocycles. The zero-order valence-corrected chi connectivity index (χ0v) is 23.0. The summed E-state index contributed by atoms with van der Waals surface area (Å²) < 4.78 is 0.497. The van der Waals surface area contributed by atoms with Crippen LogP contribution in [0.25, 0.3) is 11.3 Å². The molecule has 5 rings (SSSR count). The molecule has 0 radical (unpaired) electrons. The molecule has 1 heterocycles. The van der Waals surface area contributed by atoms with Gasteiger partial charge in [-0.1, -0.05) is 0 Å². The van der Waals surface area contributed by atoms with Gasteiger partial charge in [0, 0.05) is 0 Å². The minimum Gasteiger partial charge on any atom is -1.00 e. The topological polar surface area (TPSA) is 0 Å². The number of hydrogen-bond donors (Lipinski definition) is 0. The van der Waals surface area contributed by atoms with Crippen molar-refractivity contribution in [3.05, 3.63) is 82.1 Å². The number of benzene rings is 2. The fourth-order valence-electron chi connectivity index (χ4n) is 5.71. The molecule has 0 bridgehead atoms. The molecule has 4 heteroatoms. The van der Waals surface area contributed by atoms with Crippen molar-refractivity contribution >= 4 is 19.3 Å². The summed E-state index contributed by atoms with van der Waals surface area (Å²) in [7, 11) is -1.17. The zero-order valence-electron chi connectivity index (χ0n) is 18.0. The van der Waals surface area contributed by atoms with E-state index in [2.05, 4.69) is 80.7 Å². The van der Waals surface area contributed by atoms with Crippen molar-refractivity contribution in [2.45, 2.75) is 60.7 Å². The number of allylic oxidation sites excluding steroid dienone is 2. The smallest absolute Gasteiger partial charge is 1.00 e. The van der Waals surface area contributed by atoms with Crippen molar-refractivity contribution in [1.82, 2.24) is 0 Å². The first kappa shape index (κ1) is 24.2. The molecule has 3 unspecified atom stereocenters. The summed E-state index contributed by atoms with van der Waals surface area (Å²) in [6, 6.07) is 18.2. The van der Waals surface area contributed by atoms with Crippen LogP contribution < -0.4 is 24.8 Å². The number of hydrogen-bond acceptors (Lipinski definition) is 0. The van der Waals surface area contributed by atoms with E-state index in [4.69, 9.17) is 0 Å². The van der Waals surface area contributed by atoms with Crippen molar-refractivity contribution in [3.8, 4) is 0 Å². The van der Waals surface area contributed by atoms with Crippen LogP contribution in [-0.4, -0.2) is 8.07 Å². The maximum atomic E-state index is 2.56. The Morgan fingerprint density at radius 1 is 0.900 bits per heavy atom. The molecule has 3 aliphatic rings. The Labute approximate surface area is 210 Å². The van der Waals surface area contributed by atoms with E-state index in [1.54, 1.807) is 46.6 Å². The summed E-state index contributed by atoms with van der Waals surface area (Å²) in [5, 5.41) is 3.68.